The van der Waals surface area contributed by atoms with Gasteiger partial charge in [-0.1, -0.05) is 65.2 Å². The van der Waals surface area contributed by atoms with Gasteiger partial charge in [0.15, 0.2) is 5.75 Å². The van der Waals surface area contributed by atoms with Crippen molar-refractivity contribution in [1.82, 2.24) is 5.01 Å². The van der Waals surface area contributed by atoms with Crippen LogP contribution in [0, 0.1) is 23.7 Å². The van der Waals surface area contributed by atoms with Crippen molar-refractivity contribution in [3.05, 3.63) is 74.7 Å². The third-order valence-corrected chi connectivity index (χ3v) is 7.05. The summed E-state index contributed by atoms with van der Waals surface area (Å²) >= 11 is 18.9. The van der Waals surface area contributed by atoms with Gasteiger partial charge in [0.2, 0.25) is 0 Å². The summed E-state index contributed by atoms with van der Waals surface area (Å²) < 4.78 is 5.76. The number of fused-ring (bicyclic) bond motifs is 5. The molecular formula is C23H17Cl3N2O3. The molecule has 0 N–H and O–H groups in total. The molecule has 4 atom stereocenters. The molecule has 5 nitrogen and oxygen atoms in total. The lowest BCUT2D eigenvalue weighted by atomic mass is 9.85. The summed E-state index contributed by atoms with van der Waals surface area (Å²) in [5.41, 5.74) is 1.36. The molecule has 4 unspecified atom stereocenters. The first kappa shape index (κ1) is 20.6. The summed E-state index contributed by atoms with van der Waals surface area (Å²) in [6.07, 6.45) is 6.39. The number of benzene rings is 2. The zero-order valence-electron chi connectivity index (χ0n) is 16.2. The maximum absolute atomic E-state index is 12.7. The number of carbonyl (C=O) groups is 2. The maximum atomic E-state index is 12.7. The van der Waals surface area contributed by atoms with Crippen LogP contribution in [-0.2, 0) is 16.2 Å². The standard InChI is InChI=1S/C23H17Cl3N2O3/c24-16-4-2-1-3-15(16)11-31-21-17(25)7-12(8-18(21)26)10-27-28-22(29)19-13-5-6-14(9-13)20(19)23(28)30/h1-8,10,13-14,19-20H,9,11H2. The van der Waals surface area contributed by atoms with Crippen molar-refractivity contribution < 1.29 is 14.3 Å². The summed E-state index contributed by atoms with van der Waals surface area (Å²) in [7, 11) is 0. The van der Waals surface area contributed by atoms with Gasteiger partial charge in [-0.25, -0.2) is 0 Å². The predicted octanol–water partition coefficient (Wildman–Crippen LogP) is 5.37. The van der Waals surface area contributed by atoms with Crippen molar-refractivity contribution in [3.63, 3.8) is 0 Å². The van der Waals surface area contributed by atoms with E-state index in [2.05, 4.69) is 5.10 Å². The Balaban J connectivity index is 1.31. The van der Waals surface area contributed by atoms with Crippen molar-refractivity contribution in [1.29, 1.82) is 0 Å². The number of hydrazone groups is 1. The SMILES string of the molecule is O=C1C2C3C=CC(C3)C2C(=O)N1N=Cc1cc(Cl)c(OCc2ccccc2Cl)c(Cl)c1. The molecule has 2 aromatic carbocycles. The van der Waals surface area contributed by atoms with Crippen LogP contribution in [0.2, 0.25) is 15.1 Å². The fourth-order valence-electron chi connectivity index (χ4n) is 4.68. The first-order chi connectivity index (χ1) is 14.9. The maximum Gasteiger partial charge on any atom is 0.254 e. The normalized spacial score (nSPS) is 26.4. The average Bonchev–Trinajstić information content (AvgIpc) is 3.41. The predicted molar refractivity (Wildman–Crippen MR) is 119 cm³/mol. The highest BCUT2D eigenvalue weighted by Crippen LogP contribution is 2.52. The molecule has 1 heterocycles. The van der Waals surface area contributed by atoms with E-state index in [1.54, 1.807) is 18.2 Å². The van der Waals surface area contributed by atoms with Crippen LogP contribution in [0.15, 0.2) is 53.7 Å². The van der Waals surface area contributed by atoms with Gasteiger partial charge in [0.25, 0.3) is 11.8 Å². The number of hydrogen-bond acceptors (Lipinski definition) is 4. The molecule has 5 rings (SSSR count). The van der Waals surface area contributed by atoms with E-state index in [1.807, 2.05) is 30.4 Å². The van der Waals surface area contributed by atoms with Crippen LogP contribution < -0.4 is 4.74 Å². The van der Waals surface area contributed by atoms with E-state index in [1.165, 1.54) is 6.21 Å². The summed E-state index contributed by atoms with van der Waals surface area (Å²) in [4.78, 5) is 25.4. The third kappa shape index (κ3) is 3.55. The molecule has 1 saturated carbocycles. The number of allylic oxidation sites excluding steroid dienone is 2. The highest BCUT2D eigenvalue weighted by Gasteiger charge is 2.59. The Bertz CT molecular complexity index is 1090. The van der Waals surface area contributed by atoms with Gasteiger partial charge in [0, 0.05) is 10.6 Å². The number of carbonyl (C=O) groups excluding carboxylic acids is 2. The fourth-order valence-corrected chi connectivity index (χ4v) is 5.49. The summed E-state index contributed by atoms with van der Waals surface area (Å²) in [6, 6.07) is 10.6. The minimum atomic E-state index is -0.285. The lowest BCUT2D eigenvalue weighted by molar-refractivity contribution is -0.140. The molecule has 0 aromatic heterocycles. The largest absolute Gasteiger partial charge is 0.486 e. The minimum absolute atomic E-state index is 0.144. The van der Waals surface area contributed by atoms with Gasteiger partial charge in [-0.15, -0.1) is 0 Å². The minimum Gasteiger partial charge on any atom is -0.486 e. The molecule has 1 aliphatic heterocycles. The quantitative estimate of drug-likeness (QED) is 0.332. The van der Waals surface area contributed by atoms with E-state index in [-0.39, 0.29) is 42.1 Å². The van der Waals surface area contributed by atoms with Crippen molar-refractivity contribution in [2.45, 2.75) is 13.0 Å². The molecule has 2 fully saturated rings. The summed E-state index contributed by atoms with van der Waals surface area (Å²) in [5.74, 6) is -0.430. The number of amides is 2. The molecule has 8 heteroatoms. The van der Waals surface area contributed by atoms with E-state index in [0.717, 1.165) is 17.0 Å². The van der Waals surface area contributed by atoms with E-state index in [0.29, 0.717) is 26.4 Å². The van der Waals surface area contributed by atoms with Gasteiger partial charge >= 0.3 is 0 Å². The van der Waals surface area contributed by atoms with Crippen LogP contribution in [0.5, 0.6) is 5.75 Å². The van der Waals surface area contributed by atoms with E-state index < -0.39 is 0 Å². The lowest BCUT2D eigenvalue weighted by Crippen LogP contribution is -2.28. The number of ether oxygens (including phenoxy) is 1. The Morgan fingerprint density at radius 3 is 2.19 bits per heavy atom. The van der Waals surface area contributed by atoms with Crippen molar-refractivity contribution >= 4 is 52.8 Å². The number of imide groups is 1. The van der Waals surface area contributed by atoms with Crippen LogP contribution in [-0.4, -0.2) is 23.0 Å². The molecule has 0 spiro atoms. The van der Waals surface area contributed by atoms with Crippen LogP contribution in [0.25, 0.3) is 0 Å². The number of nitrogens with zero attached hydrogens (tertiary/aromatic N) is 2. The Hall–Kier alpha value is -2.34. The highest BCUT2D eigenvalue weighted by atomic mass is 35.5. The second-order valence-electron chi connectivity index (χ2n) is 7.93. The Kier molecular flexibility index (Phi) is 5.29. The van der Waals surface area contributed by atoms with Gasteiger partial charge in [-0.2, -0.15) is 10.1 Å². The lowest BCUT2D eigenvalue weighted by Gasteiger charge is -2.13. The summed E-state index contributed by atoms with van der Waals surface area (Å²) in [5, 5.41) is 6.32. The first-order valence-corrected chi connectivity index (χ1v) is 11.0. The fraction of sp³-hybridized carbons (Fsp3) is 0.261. The van der Waals surface area contributed by atoms with Crippen LogP contribution in [0.1, 0.15) is 17.5 Å². The van der Waals surface area contributed by atoms with E-state index >= 15 is 0 Å². The average molecular weight is 476 g/mol. The number of halogens is 3. The first-order valence-electron chi connectivity index (χ1n) is 9.89. The van der Waals surface area contributed by atoms with Gasteiger partial charge in [0.05, 0.1) is 28.1 Å². The molecular weight excluding hydrogens is 459 g/mol. The summed E-state index contributed by atoms with van der Waals surface area (Å²) in [6.45, 7) is 0.211. The molecule has 158 valence electrons. The molecule has 2 amide bonds. The van der Waals surface area contributed by atoms with E-state index in [9.17, 15) is 9.59 Å². The van der Waals surface area contributed by atoms with Gasteiger partial charge < -0.3 is 4.74 Å². The Morgan fingerprint density at radius 1 is 0.968 bits per heavy atom. The smallest absolute Gasteiger partial charge is 0.254 e. The molecule has 3 aliphatic rings. The monoisotopic (exact) mass is 474 g/mol. The molecule has 0 radical (unpaired) electrons. The molecule has 31 heavy (non-hydrogen) atoms. The molecule has 2 bridgehead atoms. The topological polar surface area (TPSA) is 59.0 Å². The Labute approximate surface area is 194 Å². The van der Waals surface area contributed by atoms with E-state index in [4.69, 9.17) is 39.5 Å². The molecule has 2 aliphatic carbocycles. The Morgan fingerprint density at radius 2 is 1.58 bits per heavy atom. The van der Waals surface area contributed by atoms with Crippen molar-refractivity contribution in [2.24, 2.45) is 28.8 Å². The van der Waals surface area contributed by atoms with Crippen LogP contribution >= 0.6 is 34.8 Å². The number of rotatable bonds is 5. The van der Waals surface area contributed by atoms with Gasteiger partial charge in [-0.3, -0.25) is 9.59 Å². The van der Waals surface area contributed by atoms with Crippen molar-refractivity contribution in [2.75, 3.05) is 0 Å². The third-order valence-electron chi connectivity index (χ3n) is 6.12. The molecule has 2 aromatic rings. The second kappa shape index (κ2) is 7.97. The molecule has 1 saturated heterocycles. The second-order valence-corrected chi connectivity index (χ2v) is 9.15. The van der Waals surface area contributed by atoms with Crippen LogP contribution in [0.4, 0.5) is 0 Å². The van der Waals surface area contributed by atoms with Crippen molar-refractivity contribution in [3.8, 4) is 5.75 Å². The number of hydrogen-bond donors (Lipinski definition) is 0. The van der Waals surface area contributed by atoms with Crippen LogP contribution in [0.3, 0.4) is 0 Å². The highest BCUT2D eigenvalue weighted by molar-refractivity contribution is 6.37. The zero-order chi connectivity index (χ0) is 21.7. The zero-order valence-corrected chi connectivity index (χ0v) is 18.4. The van der Waals surface area contributed by atoms with Gasteiger partial charge in [0.1, 0.15) is 6.61 Å². The van der Waals surface area contributed by atoms with Gasteiger partial charge in [-0.05, 0) is 42.0 Å².